The Kier molecular flexibility index (Phi) is 6.48. The van der Waals surface area contributed by atoms with E-state index in [0.29, 0.717) is 23.9 Å². The Morgan fingerprint density at radius 2 is 1.81 bits per heavy atom. The van der Waals surface area contributed by atoms with E-state index in [1.807, 2.05) is 53.2 Å². The van der Waals surface area contributed by atoms with Gasteiger partial charge in [0.2, 0.25) is 5.88 Å². The molecule has 0 unspecified atom stereocenters. The molecule has 0 aliphatic carbocycles. The van der Waals surface area contributed by atoms with E-state index in [9.17, 15) is 4.79 Å². The van der Waals surface area contributed by atoms with Crippen molar-refractivity contribution in [3.05, 3.63) is 72.6 Å². The molecule has 0 amide bonds. The molecule has 2 heterocycles. The average molecular weight is 446 g/mol. The van der Waals surface area contributed by atoms with Gasteiger partial charge in [-0.05, 0) is 47.1 Å². The molecule has 0 aliphatic heterocycles. The zero-order valence-electron chi connectivity index (χ0n) is 18.6. The summed E-state index contributed by atoms with van der Waals surface area (Å²) >= 11 is 0. The van der Waals surface area contributed by atoms with Gasteiger partial charge in [-0.1, -0.05) is 37.8 Å². The molecule has 6 nitrogen and oxygen atoms in total. The summed E-state index contributed by atoms with van der Waals surface area (Å²) in [4.78, 5) is 15.4. The van der Waals surface area contributed by atoms with Crippen molar-refractivity contribution in [3.63, 3.8) is 0 Å². The van der Waals surface area contributed by atoms with Crippen LogP contribution >= 0.6 is 0 Å². The van der Waals surface area contributed by atoms with Crippen LogP contribution in [-0.2, 0) is 11.5 Å². The highest BCUT2D eigenvalue weighted by Crippen LogP contribution is 2.27. The number of carbonyl (C=O) groups is 1. The second-order valence-electron chi connectivity index (χ2n) is 8.94. The summed E-state index contributed by atoms with van der Waals surface area (Å²) in [5.74, 6) is 1.20. The monoisotopic (exact) mass is 445 g/mol. The fourth-order valence-corrected chi connectivity index (χ4v) is 4.06. The molecule has 0 radical (unpaired) electrons. The molecular weight excluding hydrogens is 418 g/mol. The molecule has 0 aliphatic rings. The maximum Gasteiger partial charge on any atom is 0.219 e. The van der Waals surface area contributed by atoms with Crippen LogP contribution < -0.4 is 4.74 Å². The predicted octanol–water partition coefficient (Wildman–Crippen LogP) is 6.02. The third-order valence-corrected chi connectivity index (χ3v) is 6.86. The number of benzene rings is 2. The SMILES string of the molecule is C[Si](C)(C)CCOCn1nccc1-c1ccc(Oc2ccc3cc(C=O)ccc3c2)nc1. The number of carbonyl (C=O) groups excluding carboxylic acids is 1. The van der Waals surface area contributed by atoms with Gasteiger partial charge < -0.3 is 9.47 Å². The molecule has 0 saturated carbocycles. The second kappa shape index (κ2) is 9.46. The highest BCUT2D eigenvalue weighted by Gasteiger charge is 2.13. The largest absolute Gasteiger partial charge is 0.439 e. The van der Waals surface area contributed by atoms with Crippen molar-refractivity contribution in [1.82, 2.24) is 14.8 Å². The van der Waals surface area contributed by atoms with Crippen LogP contribution in [0.25, 0.3) is 22.0 Å². The van der Waals surface area contributed by atoms with Gasteiger partial charge in [0.05, 0.1) is 5.69 Å². The summed E-state index contributed by atoms with van der Waals surface area (Å²) in [6.07, 6.45) is 4.40. The van der Waals surface area contributed by atoms with Crippen molar-refractivity contribution in [3.8, 4) is 22.9 Å². The molecule has 0 bridgehead atoms. The van der Waals surface area contributed by atoms with Crippen molar-refractivity contribution in [1.29, 1.82) is 0 Å². The molecule has 0 N–H and O–H groups in total. The lowest BCUT2D eigenvalue weighted by Crippen LogP contribution is -2.22. The number of pyridine rings is 1. The van der Waals surface area contributed by atoms with Crippen LogP contribution in [0, 0.1) is 0 Å². The van der Waals surface area contributed by atoms with Crippen LogP contribution in [0.15, 0.2) is 67.0 Å². The summed E-state index contributed by atoms with van der Waals surface area (Å²) in [6, 6.07) is 18.2. The minimum absolute atomic E-state index is 0.425. The van der Waals surface area contributed by atoms with Crippen molar-refractivity contribution < 1.29 is 14.3 Å². The van der Waals surface area contributed by atoms with Crippen molar-refractivity contribution in [2.24, 2.45) is 0 Å². The van der Waals surface area contributed by atoms with Crippen LogP contribution in [0.3, 0.4) is 0 Å². The minimum Gasteiger partial charge on any atom is -0.439 e. The van der Waals surface area contributed by atoms with Crippen molar-refractivity contribution in [2.75, 3.05) is 6.61 Å². The summed E-state index contributed by atoms with van der Waals surface area (Å²) in [5, 5.41) is 6.37. The number of ether oxygens (including phenoxy) is 2. The normalized spacial score (nSPS) is 11.6. The van der Waals surface area contributed by atoms with E-state index in [1.165, 1.54) is 0 Å². The van der Waals surface area contributed by atoms with E-state index in [2.05, 4.69) is 29.7 Å². The van der Waals surface area contributed by atoms with Gasteiger partial charge in [0.15, 0.2) is 0 Å². The predicted molar refractivity (Wildman–Crippen MR) is 129 cm³/mol. The Bertz CT molecular complexity index is 1210. The average Bonchev–Trinajstić information content (AvgIpc) is 3.25. The standard InChI is InChI=1S/C25H27N3O3Si/c1-32(2,3)13-12-30-18-28-24(10-11-27-28)22-7-9-25(26-16-22)31-23-8-6-20-14-19(17-29)4-5-21(20)15-23/h4-11,14-17H,12-13,18H2,1-3H3. The van der Waals surface area contributed by atoms with E-state index >= 15 is 0 Å². The quantitative estimate of drug-likeness (QED) is 0.179. The molecule has 2 aromatic carbocycles. The number of aromatic nitrogens is 3. The molecule has 0 saturated heterocycles. The van der Waals surface area contributed by atoms with Crippen molar-refractivity contribution in [2.45, 2.75) is 32.4 Å². The Hall–Kier alpha value is -3.29. The van der Waals surface area contributed by atoms with Crippen molar-refractivity contribution >= 4 is 25.1 Å². The number of nitrogens with zero attached hydrogens (tertiary/aromatic N) is 3. The van der Waals surface area contributed by atoms with Gasteiger partial charge >= 0.3 is 0 Å². The van der Waals surface area contributed by atoms with Gasteiger partial charge in [0, 0.05) is 44.3 Å². The van der Waals surface area contributed by atoms with Crippen LogP contribution in [0.2, 0.25) is 25.7 Å². The molecule has 7 heteroatoms. The summed E-state index contributed by atoms with van der Waals surface area (Å²) < 4.78 is 13.6. The minimum atomic E-state index is -1.11. The molecule has 2 aromatic heterocycles. The lowest BCUT2D eigenvalue weighted by atomic mass is 10.1. The maximum atomic E-state index is 10.9. The Balaban J connectivity index is 1.42. The van der Waals surface area contributed by atoms with Gasteiger partial charge in [-0.2, -0.15) is 5.10 Å². The third kappa shape index (κ3) is 5.49. The van der Waals surface area contributed by atoms with E-state index in [0.717, 1.165) is 41.0 Å². The first-order valence-corrected chi connectivity index (χ1v) is 14.3. The first-order valence-electron chi connectivity index (χ1n) is 10.6. The molecule has 4 rings (SSSR count). The number of fused-ring (bicyclic) bond motifs is 1. The van der Waals surface area contributed by atoms with Gasteiger partial charge in [-0.3, -0.25) is 4.79 Å². The maximum absolute atomic E-state index is 10.9. The zero-order valence-corrected chi connectivity index (χ0v) is 19.6. The second-order valence-corrected chi connectivity index (χ2v) is 14.6. The summed E-state index contributed by atoms with van der Waals surface area (Å²) in [6.45, 7) is 8.20. The molecular formula is C25H27N3O3Si. The lowest BCUT2D eigenvalue weighted by Gasteiger charge is -2.16. The van der Waals surface area contributed by atoms with Crippen LogP contribution in [-0.4, -0.2) is 35.7 Å². The first kappa shape index (κ1) is 21.9. The third-order valence-electron chi connectivity index (χ3n) is 5.15. The Morgan fingerprint density at radius 3 is 2.56 bits per heavy atom. The molecule has 4 aromatic rings. The van der Waals surface area contributed by atoms with Crippen LogP contribution in [0.4, 0.5) is 0 Å². The highest BCUT2D eigenvalue weighted by molar-refractivity contribution is 6.76. The number of rotatable bonds is 9. The summed E-state index contributed by atoms with van der Waals surface area (Å²) in [5.41, 5.74) is 2.56. The highest BCUT2D eigenvalue weighted by atomic mass is 28.3. The van der Waals surface area contributed by atoms with Crippen LogP contribution in [0.1, 0.15) is 10.4 Å². The van der Waals surface area contributed by atoms with E-state index in [4.69, 9.17) is 9.47 Å². The molecule has 0 atom stereocenters. The van der Waals surface area contributed by atoms with Gasteiger partial charge in [-0.15, -0.1) is 0 Å². The van der Waals surface area contributed by atoms with Gasteiger partial charge in [0.25, 0.3) is 0 Å². The fourth-order valence-electron chi connectivity index (χ4n) is 3.30. The molecule has 0 fully saturated rings. The summed E-state index contributed by atoms with van der Waals surface area (Å²) in [7, 11) is -1.11. The smallest absolute Gasteiger partial charge is 0.219 e. The Labute approximate surface area is 188 Å². The van der Waals surface area contributed by atoms with E-state index in [-0.39, 0.29) is 0 Å². The topological polar surface area (TPSA) is 66.2 Å². The molecule has 164 valence electrons. The number of aldehydes is 1. The van der Waals surface area contributed by atoms with Gasteiger partial charge in [0.1, 0.15) is 18.8 Å². The first-order chi connectivity index (χ1) is 15.4. The molecule has 32 heavy (non-hydrogen) atoms. The van der Waals surface area contributed by atoms with E-state index in [1.54, 1.807) is 18.5 Å². The van der Waals surface area contributed by atoms with Crippen LogP contribution in [0.5, 0.6) is 11.6 Å². The van der Waals surface area contributed by atoms with Gasteiger partial charge in [-0.25, -0.2) is 9.67 Å². The zero-order chi connectivity index (χ0) is 22.6. The molecule has 0 spiro atoms. The Morgan fingerprint density at radius 1 is 1.00 bits per heavy atom. The van der Waals surface area contributed by atoms with E-state index < -0.39 is 8.07 Å². The lowest BCUT2D eigenvalue weighted by molar-refractivity contribution is 0.0798. The fraction of sp³-hybridized carbons (Fsp3) is 0.240. The number of hydrogen-bond acceptors (Lipinski definition) is 5. The number of hydrogen-bond donors (Lipinski definition) is 0.